The molecule has 0 spiro atoms. The summed E-state index contributed by atoms with van der Waals surface area (Å²) in [6.07, 6.45) is 0.276. The summed E-state index contributed by atoms with van der Waals surface area (Å²) in [6, 6.07) is 14.8. The molecular weight excluding hydrogens is 236 g/mol. The van der Waals surface area contributed by atoms with Crippen molar-refractivity contribution in [3.05, 3.63) is 42.5 Å². The third kappa shape index (κ3) is 2.88. The predicted molar refractivity (Wildman–Crippen MR) is 79.7 cm³/mol. The van der Waals surface area contributed by atoms with Crippen molar-refractivity contribution in [1.29, 1.82) is 0 Å². The van der Waals surface area contributed by atoms with Crippen LogP contribution in [0.4, 0.5) is 5.69 Å². The molecule has 0 radical (unpaired) electrons. The van der Waals surface area contributed by atoms with Gasteiger partial charge in [-0.1, -0.05) is 36.4 Å². The van der Waals surface area contributed by atoms with Gasteiger partial charge in [0.05, 0.1) is 12.7 Å². The summed E-state index contributed by atoms with van der Waals surface area (Å²) in [7, 11) is 2.15. The fourth-order valence-corrected chi connectivity index (χ4v) is 2.59. The Morgan fingerprint density at radius 1 is 1.21 bits per heavy atom. The molecule has 1 fully saturated rings. The summed E-state index contributed by atoms with van der Waals surface area (Å²) in [5, 5.41) is 6.07. The number of nitrogens with one attached hydrogen (secondary N) is 1. The maximum absolute atomic E-state index is 5.78. The van der Waals surface area contributed by atoms with Crippen LogP contribution in [-0.2, 0) is 4.74 Å². The molecule has 1 unspecified atom stereocenters. The summed E-state index contributed by atoms with van der Waals surface area (Å²) in [5.41, 5.74) is 1.19. The first-order valence-corrected chi connectivity index (χ1v) is 6.85. The zero-order chi connectivity index (χ0) is 13.1. The number of likely N-dealkylation sites (N-methyl/N-ethyl adjacent to an activating group) is 1. The van der Waals surface area contributed by atoms with Gasteiger partial charge in [-0.2, -0.15) is 0 Å². The van der Waals surface area contributed by atoms with Gasteiger partial charge in [0.2, 0.25) is 0 Å². The van der Waals surface area contributed by atoms with Crippen LogP contribution in [-0.4, -0.2) is 44.3 Å². The van der Waals surface area contributed by atoms with Crippen molar-refractivity contribution in [2.45, 2.75) is 6.10 Å². The first kappa shape index (κ1) is 12.5. The van der Waals surface area contributed by atoms with Crippen LogP contribution >= 0.6 is 0 Å². The van der Waals surface area contributed by atoms with Gasteiger partial charge in [0.25, 0.3) is 0 Å². The molecule has 1 saturated heterocycles. The van der Waals surface area contributed by atoms with E-state index < -0.39 is 0 Å². The first-order valence-electron chi connectivity index (χ1n) is 6.85. The lowest BCUT2D eigenvalue weighted by Crippen LogP contribution is -2.43. The third-order valence-corrected chi connectivity index (χ3v) is 3.65. The molecule has 2 aromatic rings. The van der Waals surface area contributed by atoms with Crippen molar-refractivity contribution in [2.24, 2.45) is 0 Å². The van der Waals surface area contributed by atoms with Crippen LogP contribution in [0.2, 0.25) is 0 Å². The van der Waals surface area contributed by atoms with Crippen molar-refractivity contribution in [3.8, 4) is 0 Å². The minimum absolute atomic E-state index is 0.276. The quantitative estimate of drug-likeness (QED) is 0.913. The number of fused-ring (bicyclic) bond motifs is 1. The average Bonchev–Trinajstić information content (AvgIpc) is 2.45. The van der Waals surface area contributed by atoms with Crippen molar-refractivity contribution in [1.82, 2.24) is 4.90 Å². The number of benzene rings is 2. The zero-order valence-electron chi connectivity index (χ0n) is 11.3. The highest BCUT2D eigenvalue weighted by Crippen LogP contribution is 2.23. The molecule has 0 amide bonds. The molecule has 1 aliphatic heterocycles. The van der Waals surface area contributed by atoms with Crippen LogP contribution in [0.5, 0.6) is 0 Å². The van der Waals surface area contributed by atoms with E-state index in [0.29, 0.717) is 0 Å². The molecule has 0 aromatic heterocycles. The fraction of sp³-hybridized carbons (Fsp3) is 0.375. The molecule has 1 aliphatic rings. The molecule has 2 aromatic carbocycles. The Kier molecular flexibility index (Phi) is 3.67. The Morgan fingerprint density at radius 3 is 2.95 bits per heavy atom. The van der Waals surface area contributed by atoms with Gasteiger partial charge in [-0.3, -0.25) is 0 Å². The SMILES string of the molecule is CN1CCOC(CNc2cccc3ccccc23)C1. The lowest BCUT2D eigenvalue weighted by atomic mass is 10.1. The van der Waals surface area contributed by atoms with Gasteiger partial charge >= 0.3 is 0 Å². The number of rotatable bonds is 3. The Labute approximate surface area is 114 Å². The first-order chi connectivity index (χ1) is 9.33. The van der Waals surface area contributed by atoms with E-state index in [-0.39, 0.29) is 6.10 Å². The minimum atomic E-state index is 0.276. The monoisotopic (exact) mass is 256 g/mol. The van der Waals surface area contributed by atoms with Gasteiger partial charge in [0.15, 0.2) is 0 Å². The maximum atomic E-state index is 5.78. The van der Waals surface area contributed by atoms with Crippen molar-refractivity contribution in [2.75, 3.05) is 38.6 Å². The summed E-state index contributed by atoms with van der Waals surface area (Å²) in [4.78, 5) is 2.32. The van der Waals surface area contributed by atoms with Gasteiger partial charge in [-0.15, -0.1) is 0 Å². The average molecular weight is 256 g/mol. The molecule has 3 rings (SSSR count). The normalized spacial score (nSPS) is 20.6. The predicted octanol–water partition coefficient (Wildman–Crippen LogP) is 2.58. The summed E-state index contributed by atoms with van der Waals surface area (Å²) in [6.45, 7) is 3.72. The molecule has 1 heterocycles. The maximum Gasteiger partial charge on any atom is 0.0874 e. The topological polar surface area (TPSA) is 24.5 Å². The van der Waals surface area contributed by atoms with E-state index in [1.165, 1.54) is 16.5 Å². The Hall–Kier alpha value is -1.58. The van der Waals surface area contributed by atoms with Crippen molar-refractivity contribution < 1.29 is 4.74 Å². The molecular formula is C16H20N2O. The second-order valence-corrected chi connectivity index (χ2v) is 5.16. The van der Waals surface area contributed by atoms with Crippen molar-refractivity contribution >= 4 is 16.5 Å². The van der Waals surface area contributed by atoms with Gasteiger partial charge in [-0.05, 0) is 18.5 Å². The zero-order valence-corrected chi connectivity index (χ0v) is 11.3. The van der Waals surface area contributed by atoms with Crippen molar-refractivity contribution in [3.63, 3.8) is 0 Å². The number of hydrogen-bond acceptors (Lipinski definition) is 3. The van der Waals surface area contributed by atoms with Crippen LogP contribution in [0.1, 0.15) is 0 Å². The molecule has 0 saturated carbocycles. The Bertz CT molecular complexity index is 550. The number of hydrogen-bond donors (Lipinski definition) is 1. The van der Waals surface area contributed by atoms with E-state index >= 15 is 0 Å². The largest absolute Gasteiger partial charge is 0.382 e. The highest BCUT2D eigenvalue weighted by molar-refractivity contribution is 5.93. The third-order valence-electron chi connectivity index (χ3n) is 3.65. The highest BCUT2D eigenvalue weighted by atomic mass is 16.5. The molecule has 19 heavy (non-hydrogen) atoms. The molecule has 3 heteroatoms. The second kappa shape index (κ2) is 5.59. The summed E-state index contributed by atoms with van der Waals surface area (Å²) in [5.74, 6) is 0. The number of morpholine rings is 1. The number of ether oxygens (including phenoxy) is 1. The van der Waals surface area contributed by atoms with Gasteiger partial charge in [0.1, 0.15) is 0 Å². The smallest absolute Gasteiger partial charge is 0.0874 e. The Morgan fingerprint density at radius 2 is 2.05 bits per heavy atom. The van der Waals surface area contributed by atoms with E-state index in [2.05, 4.69) is 59.7 Å². The lowest BCUT2D eigenvalue weighted by molar-refractivity contribution is -0.0117. The molecule has 1 N–H and O–H groups in total. The summed E-state index contributed by atoms with van der Waals surface area (Å²) < 4.78 is 5.78. The van der Waals surface area contributed by atoms with Crippen LogP contribution in [0.25, 0.3) is 10.8 Å². The van der Waals surface area contributed by atoms with Gasteiger partial charge in [0, 0.05) is 30.7 Å². The van der Waals surface area contributed by atoms with Crippen LogP contribution in [0.3, 0.4) is 0 Å². The number of nitrogens with zero attached hydrogens (tertiary/aromatic N) is 1. The highest BCUT2D eigenvalue weighted by Gasteiger charge is 2.17. The number of anilines is 1. The molecule has 0 bridgehead atoms. The fourth-order valence-electron chi connectivity index (χ4n) is 2.59. The van der Waals surface area contributed by atoms with E-state index in [0.717, 1.165) is 26.2 Å². The van der Waals surface area contributed by atoms with Gasteiger partial charge < -0.3 is 15.0 Å². The molecule has 3 nitrogen and oxygen atoms in total. The lowest BCUT2D eigenvalue weighted by Gasteiger charge is -2.30. The van der Waals surface area contributed by atoms with E-state index in [1.54, 1.807) is 0 Å². The molecule has 100 valence electrons. The van der Waals surface area contributed by atoms with Gasteiger partial charge in [-0.25, -0.2) is 0 Å². The minimum Gasteiger partial charge on any atom is -0.382 e. The Balaban J connectivity index is 1.71. The standard InChI is InChI=1S/C16H20N2O/c1-18-9-10-19-14(12-18)11-17-16-8-4-6-13-5-2-3-7-15(13)16/h2-8,14,17H,9-12H2,1H3. The van der Waals surface area contributed by atoms with E-state index in [4.69, 9.17) is 4.74 Å². The summed E-state index contributed by atoms with van der Waals surface area (Å²) >= 11 is 0. The van der Waals surface area contributed by atoms with Crippen LogP contribution in [0.15, 0.2) is 42.5 Å². The second-order valence-electron chi connectivity index (χ2n) is 5.16. The van der Waals surface area contributed by atoms with E-state index in [1.807, 2.05) is 0 Å². The molecule has 1 atom stereocenters. The van der Waals surface area contributed by atoms with Crippen LogP contribution < -0.4 is 5.32 Å². The van der Waals surface area contributed by atoms with E-state index in [9.17, 15) is 0 Å². The molecule has 0 aliphatic carbocycles. The van der Waals surface area contributed by atoms with Crippen LogP contribution in [0, 0.1) is 0 Å².